The molecule has 78 valence electrons. The van der Waals surface area contributed by atoms with E-state index in [0.29, 0.717) is 6.54 Å². The molecule has 0 unspecified atom stereocenters. The maximum absolute atomic E-state index is 12.9. The lowest BCUT2D eigenvalue weighted by molar-refractivity contribution is 0.455. The van der Waals surface area contributed by atoms with E-state index < -0.39 is 11.8 Å². The molecule has 0 aliphatic rings. The fraction of sp³-hybridized carbons (Fsp3) is 0.625. The molecule has 0 aliphatic heterocycles. The van der Waals surface area contributed by atoms with E-state index in [2.05, 4.69) is 27.7 Å². The lowest BCUT2D eigenvalue weighted by Gasteiger charge is -2.03. The summed E-state index contributed by atoms with van der Waals surface area (Å²) in [5, 5.41) is 11.9. The van der Waals surface area contributed by atoms with Crippen molar-refractivity contribution < 1.29 is 8.78 Å². The number of aromatic nitrogens is 3. The zero-order valence-electron chi connectivity index (χ0n) is 7.93. The highest BCUT2D eigenvalue weighted by atomic mass is 19.2. The second kappa shape index (κ2) is 5.41. The molecule has 0 aliphatic carbocycles. The highest BCUT2D eigenvalue weighted by Crippen LogP contribution is 2.09. The summed E-state index contributed by atoms with van der Waals surface area (Å²) in [7, 11) is 0. The van der Waals surface area contributed by atoms with Crippen LogP contribution < -0.4 is 5.32 Å². The molecule has 0 saturated heterocycles. The maximum Gasteiger partial charge on any atom is 0.274 e. The van der Waals surface area contributed by atoms with E-state index in [1.54, 1.807) is 0 Å². The topological polar surface area (TPSA) is 50.7 Å². The van der Waals surface area contributed by atoms with Gasteiger partial charge in [0.1, 0.15) is 0 Å². The predicted octanol–water partition coefficient (Wildman–Crippen LogP) is 1.75. The van der Waals surface area contributed by atoms with Crippen molar-refractivity contribution >= 4 is 5.82 Å². The second-order valence-corrected chi connectivity index (χ2v) is 2.88. The van der Waals surface area contributed by atoms with Gasteiger partial charge in [0, 0.05) is 6.54 Å². The zero-order valence-corrected chi connectivity index (χ0v) is 7.93. The molecular weight excluding hydrogens is 190 g/mol. The third kappa shape index (κ3) is 2.86. The van der Waals surface area contributed by atoms with Crippen LogP contribution in [0, 0.1) is 11.8 Å². The predicted molar refractivity (Wildman–Crippen MR) is 47.8 cm³/mol. The molecule has 0 radical (unpaired) electrons. The Hall–Kier alpha value is -1.33. The van der Waals surface area contributed by atoms with Crippen molar-refractivity contribution in [2.24, 2.45) is 0 Å². The molecule has 1 rings (SSSR count). The van der Waals surface area contributed by atoms with E-state index >= 15 is 0 Å². The summed E-state index contributed by atoms with van der Waals surface area (Å²) in [6.45, 7) is 2.62. The summed E-state index contributed by atoms with van der Waals surface area (Å²) in [6.07, 6.45) is 3.00. The third-order valence-corrected chi connectivity index (χ3v) is 1.74. The van der Waals surface area contributed by atoms with E-state index in [0.717, 1.165) is 19.3 Å². The van der Waals surface area contributed by atoms with Gasteiger partial charge in [-0.05, 0) is 11.6 Å². The van der Waals surface area contributed by atoms with Crippen LogP contribution >= 0.6 is 0 Å². The summed E-state index contributed by atoms with van der Waals surface area (Å²) < 4.78 is 25.4. The van der Waals surface area contributed by atoms with Gasteiger partial charge in [0.25, 0.3) is 5.95 Å². The minimum Gasteiger partial charge on any atom is -0.366 e. The van der Waals surface area contributed by atoms with Gasteiger partial charge in [-0.25, -0.2) is 0 Å². The van der Waals surface area contributed by atoms with Crippen LogP contribution in [0.4, 0.5) is 14.6 Å². The Morgan fingerprint density at radius 1 is 1.21 bits per heavy atom. The minimum absolute atomic E-state index is 0.173. The van der Waals surface area contributed by atoms with Crippen LogP contribution in [0.1, 0.15) is 26.2 Å². The van der Waals surface area contributed by atoms with E-state index in [1.165, 1.54) is 0 Å². The van der Waals surface area contributed by atoms with E-state index in [9.17, 15) is 8.78 Å². The molecular formula is C8H12F2N4. The Labute approximate surface area is 80.7 Å². The van der Waals surface area contributed by atoms with Gasteiger partial charge in [-0.15, -0.1) is 5.10 Å². The first kappa shape index (κ1) is 10.7. The van der Waals surface area contributed by atoms with Crippen LogP contribution in [0.15, 0.2) is 0 Å². The summed E-state index contributed by atoms with van der Waals surface area (Å²) in [4.78, 5) is 0. The second-order valence-electron chi connectivity index (χ2n) is 2.88. The molecule has 1 heterocycles. The number of hydrogen-bond donors (Lipinski definition) is 1. The average molecular weight is 202 g/mol. The number of nitrogens with one attached hydrogen (secondary N) is 1. The molecule has 14 heavy (non-hydrogen) atoms. The van der Waals surface area contributed by atoms with Crippen molar-refractivity contribution in [1.29, 1.82) is 0 Å². The van der Waals surface area contributed by atoms with Crippen molar-refractivity contribution in [3.8, 4) is 0 Å². The van der Waals surface area contributed by atoms with Gasteiger partial charge in [-0.1, -0.05) is 24.9 Å². The van der Waals surface area contributed by atoms with Gasteiger partial charge in [0.05, 0.1) is 0 Å². The van der Waals surface area contributed by atoms with Gasteiger partial charge >= 0.3 is 0 Å². The maximum atomic E-state index is 12.9. The molecule has 0 spiro atoms. The van der Waals surface area contributed by atoms with Crippen LogP contribution in [-0.2, 0) is 0 Å². The quantitative estimate of drug-likeness (QED) is 0.739. The normalized spacial score (nSPS) is 10.2. The smallest absolute Gasteiger partial charge is 0.274 e. The lowest BCUT2D eigenvalue weighted by Crippen LogP contribution is -2.09. The Balaban J connectivity index is 2.46. The van der Waals surface area contributed by atoms with Crippen molar-refractivity contribution in [2.75, 3.05) is 11.9 Å². The minimum atomic E-state index is -1.22. The molecule has 1 aromatic heterocycles. The molecule has 0 fully saturated rings. The zero-order chi connectivity index (χ0) is 10.4. The van der Waals surface area contributed by atoms with E-state index in [-0.39, 0.29) is 5.82 Å². The molecule has 6 heteroatoms. The molecule has 4 nitrogen and oxygen atoms in total. The Kier molecular flexibility index (Phi) is 4.15. The highest BCUT2D eigenvalue weighted by Gasteiger charge is 2.10. The highest BCUT2D eigenvalue weighted by molar-refractivity contribution is 5.32. The molecule has 0 amide bonds. The first-order valence-corrected chi connectivity index (χ1v) is 4.54. The van der Waals surface area contributed by atoms with Gasteiger partial charge in [0.15, 0.2) is 5.82 Å². The van der Waals surface area contributed by atoms with Crippen LogP contribution in [0.5, 0.6) is 0 Å². The van der Waals surface area contributed by atoms with Crippen molar-refractivity contribution in [3.05, 3.63) is 11.8 Å². The van der Waals surface area contributed by atoms with Gasteiger partial charge in [-0.2, -0.15) is 8.78 Å². The van der Waals surface area contributed by atoms with Crippen LogP contribution in [0.2, 0.25) is 0 Å². The molecule has 0 aromatic carbocycles. The summed E-state index contributed by atoms with van der Waals surface area (Å²) >= 11 is 0. The Bertz CT molecular complexity index is 293. The summed E-state index contributed by atoms with van der Waals surface area (Å²) in [5.41, 5.74) is 0. The van der Waals surface area contributed by atoms with Gasteiger partial charge in [-0.3, -0.25) is 0 Å². The monoisotopic (exact) mass is 202 g/mol. The molecule has 1 aromatic rings. The Morgan fingerprint density at radius 2 is 2.00 bits per heavy atom. The number of nitrogens with zero attached hydrogens (tertiary/aromatic N) is 3. The van der Waals surface area contributed by atoms with Crippen LogP contribution in [-0.4, -0.2) is 22.0 Å². The molecule has 0 atom stereocenters. The largest absolute Gasteiger partial charge is 0.366 e. The Morgan fingerprint density at radius 3 is 2.71 bits per heavy atom. The number of halogens is 2. The fourth-order valence-electron chi connectivity index (χ4n) is 0.987. The number of rotatable bonds is 5. The number of hydrogen-bond acceptors (Lipinski definition) is 4. The molecule has 0 saturated carbocycles. The molecule has 0 bridgehead atoms. The number of anilines is 1. The first-order valence-electron chi connectivity index (χ1n) is 4.54. The summed E-state index contributed by atoms with van der Waals surface area (Å²) in [6, 6.07) is 0. The molecule has 1 N–H and O–H groups in total. The van der Waals surface area contributed by atoms with Crippen LogP contribution in [0.3, 0.4) is 0 Å². The van der Waals surface area contributed by atoms with Crippen molar-refractivity contribution in [3.63, 3.8) is 0 Å². The van der Waals surface area contributed by atoms with E-state index in [4.69, 9.17) is 0 Å². The van der Waals surface area contributed by atoms with Crippen molar-refractivity contribution in [1.82, 2.24) is 15.4 Å². The van der Waals surface area contributed by atoms with E-state index in [1.807, 2.05) is 0 Å². The lowest BCUT2D eigenvalue weighted by atomic mass is 10.2. The average Bonchev–Trinajstić information content (AvgIpc) is 2.19. The van der Waals surface area contributed by atoms with Crippen LogP contribution in [0.25, 0.3) is 0 Å². The number of unbranched alkanes of at least 4 members (excludes halogenated alkanes) is 2. The fourth-order valence-corrected chi connectivity index (χ4v) is 0.987. The standard InChI is InChI=1S/C8H12F2N4/c1-2-3-4-5-11-8-6(9)7(10)12-14-13-8/h2-5H2,1H3,(H,11,12,13). The SMILES string of the molecule is CCCCCNc1nnnc(F)c1F. The first-order chi connectivity index (χ1) is 6.75. The van der Waals surface area contributed by atoms with Crippen molar-refractivity contribution in [2.45, 2.75) is 26.2 Å². The van der Waals surface area contributed by atoms with Gasteiger partial charge in [0.2, 0.25) is 5.82 Å². The third-order valence-electron chi connectivity index (χ3n) is 1.74. The van der Waals surface area contributed by atoms with Gasteiger partial charge < -0.3 is 5.32 Å². The summed E-state index contributed by atoms with van der Waals surface area (Å²) in [5.74, 6) is -2.47.